The van der Waals surface area contributed by atoms with E-state index in [4.69, 9.17) is 11.5 Å². The maximum Gasteiger partial charge on any atom is 0.253 e. The normalized spacial score (nSPS) is 16.3. The van der Waals surface area contributed by atoms with Gasteiger partial charge in [-0.2, -0.15) is 0 Å². The molecule has 0 bridgehead atoms. The quantitative estimate of drug-likeness (QED) is 0.697. The van der Waals surface area contributed by atoms with Gasteiger partial charge < -0.3 is 16.4 Å². The van der Waals surface area contributed by atoms with Crippen molar-refractivity contribution in [1.82, 2.24) is 14.9 Å². The van der Waals surface area contributed by atoms with Crippen molar-refractivity contribution in [3.63, 3.8) is 0 Å². The molecule has 1 aliphatic rings. The van der Waals surface area contributed by atoms with Crippen LogP contribution in [0.5, 0.6) is 0 Å². The number of hydrogen-bond donors (Lipinski definition) is 2. The van der Waals surface area contributed by atoms with Gasteiger partial charge in [-0.25, -0.2) is 9.97 Å². The second-order valence-electron chi connectivity index (χ2n) is 7.43. The number of aromatic nitrogens is 2. The molecule has 2 heterocycles. The lowest BCUT2D eigenvalue weighted by Crippen LogP contribution is -2.39. The van der Waals surface area contributed by atoms with E-state index in [1.165, 1.54) is 0 Å². The number of piperidine rings is 1. The number of rotatable bonds is 4. The summed E-state index contributed by atoms with van der Waals surface area (Å²) in [7, 11) is 0. The summed E-state index contributed by atoms with van der Waals surface area (Å²) < 4.78 is 0. The standard InChI is InChI=1S/C23H23N5O2/c24-21(29)17-9-4-8-16(12-17)19-13-26-23(25)27-20(19)18-10-5-11-28(14-18)22(30)15-6-2-1-3-7-15/h1-4,6-9,12-13,18H,5,10-11,14H2,(H2,24,29)(H2,25,26,27). The lowest BCUT2D eigenvalue weighted by molar-refractivity contribution is 0.0706. The number of nitrogens with two attached hydrogens (primary N) is 2. The zero-order valence-electron chi connectivity index (χ0n) is 16.5. The van der Waals surface area contributed by atoms with Gasteiger partial charge in [-0.05, 0) is 42.7 Å². The molecule has 0 saturated carbocycles. The fraction of sp³-hybridized carbons (Fsp3) is 0.217. The van der Waals surface area contributed by atoms with Crippen molar-refractivity contribution in [2.45, 2.75) is 18.8 Å². The molecule has 0 radical (unpaired) electrons. The van der Waals surface area contributed by atoms with Crippen molar-refractivity contribution in [3.8, 4) is 11.1 Å². The molecule has 1 unspecified atom stereocenters. The predicted molar refractivity (Wildman–Crippen MR) is 115 cm³/mol. The van der Waals surface area contributed by atoms with E-state index in [-0.39, 0.29) is 17.8 Å². The molecule has 4 rings (SSSR count). The number of anilines is 1. The zero-order chi connectivity index (χ0) is 21.1. The maximum atomic E-state index is 12.9. The summed E-state index contributed by atoms with van der Waals surface area (Å²) in [4.78, 5) is 35.1. The van der Waals surface area contributed by atoms with Gasteiger partial charge in [0.05, 0.1) is 5.69 Å². The minimum absolute atomic E-state index is 0.0135. The number of amides is 2. The van der Waals surface area contributed by atoms with E-state index in [2.05, 4.69) is 9.97 Å². The van der Waals surface area contributed by atoms with E-state index < -0.39 is 5.91 Å². The van der Waals surface area contributed by atoms with Crippen molar-refractivity contribution in [1.29, 1.82) is 0 Å². The Morgan fingerprint density at radius 1 is 1.03 bits per heavy atom. The van der Waals surface area contributed by atoms with Crippen LogP contribution >= 0.6 is 0 Å². The summed E-state index contributed by atoms with van der Waals surface area (Å²) in [6.45, 7) is 1.25. The first-order valence-corrected chi connectivity index (χ1v) is 9.90. The van der Waals surface area contributed by atoms with Crippen molar-refractivity contribution in [2.75, 3.05) is 18.8 Å². The average molecular weight is 401 g/mol. The van der Waals surface area contributed by atoms with Gasteiger partial charge in [-0.3, -0.25) is 9.59 Å². The summed E-state index contributed by atoms with van der Waals surface area (Å²) in [5.41, 5.74) is 14.8. The molecule has 1 aliphatic heterocycles. The summed E-state index contributed by atoms with van der Waals surface area (Å²) in [6, 6.07) is 16.4. The lowest BCUT2D eigenvalue weighted by atomic mass is 9.89. The zero-order valence-corrected chi connectivity index (χ0v) is 16.5. The van der Waals surface area contributed by atoms with Gasteiger partial charge in [-0.1, -0.05) is 30.3 Å². The Labute approximate surface area is 174 Å². The Kier molecular flexibility index (Phi) is 5.43. The highest BCUT2D eigenvalue weighted by Crippen LogP contribution is 2.34. The highest BCUT2D eigenvalue weighted by atomic mass is 16.2. The van der Waals surface area contributed by atoms with E-state index in [0.29, 0.717) is 24.2 Å². The van der Waals surface area contributed by atoms with Gasteiger partial charge in [-0.15, -0.1) is 0 Å². The Hall–Kier alpha value is -3.74. The monoisotopic (exact) mass is 401 g/mol. The van der Waals surface area contributed by atoms with Crippen LogP contribution < -0.4 is 11.5 Å². The van der Waals surface area contributed by atoms with Crippen molar-refractivity contribution in [2.24, 2.45) is 5.73 Å². The molecule has 7 nitrogen and oxygen atoms in total. The van der Waals surface area contributed by atoms with Gasteiger partial charge in [0.15, 0.2) is 0 Å². The first-order valence-electron chi connectivity index (χ1n) is 9.90. The summed E-state index contributed by atoms with van der Waals surface area (Å²) >= 11 is 0. The Balaban J connectivity index is 1.67. The molecule has 2 amide bonds. The van der Waals surface area contributed by atoms with Gasteiger partial charge >= 0.3 is 0 Å². The van der Waals surface area contributed by atoms with Crippen LogP contribution in [0.1, 0.15) is 45.2 Å². The largest absolute Gasteiger partial charge is 0.368 e. The number of likely N-dealkylation sites (tertiary alicyclic amines) is 1. The molecule has 1 aromatic heterocycles. The number of carbonyl (C=O) groups excluding carboxylic acids is 2. The van der Waals surface area contributed by atoms with E-state index in [0.717, 1.165) is 29.7 Å². The smallest absolute Gasteiger partial charge is 0.253 e. The summed E-state index contributed by atoms with van der Waals surface area (Å²) in [5, 5.41) is 0. The van der Waals surface area contributed by atoms with Crippen LogP contribution in [-0.2, 0) is 0 Å². The second kappa shape index (κ2) is 8.32. The average Bonchev–Trinajstić information content (AvgIpc) is 2.79. The van der Waals surface area contributed by atoms with Crippen molar-refractivity contribution < 1.29 is 9.59 Å². The van der Waals surface area contributed by atoms with E-state index >= 15 is 0 Å². The maximum absolute atomic E-state index is 12.9. The minimum Gasteiger partial charge on any atom is -0.368 e. The molecule has 1 atom stereocenters. The Morgan fingerprint density at radius 2 is 1.80 bits per heavy atom. The van der Waals surface area contributed by atoms with E-state index in [9.17, 15) is 9.59 Å². The predicted octanol–water partition coefficient (Wildman–Crippen LogP) is 2.84. The van der Waals surface area contributed by atoms with Crippen LogP contribution in [0, 0.1) is 0 Å². The molecular weight excluding hydrogens is 378 g/mol. The minimum atomic E-state index is -0.493. The summed E-state index contributed by atoms with van der Waals surface area (Å²) in [5.74, 6) is -0.276. The SMILES string of the molecule is NC(=O)c1cccc(-c2cnc(N)nc2C2CCCN(C(=O)c3ccccc3)C2)c1. The highest BCUT2D eigenvalue weighted by molar-refractivity contribution is 5.95. The molecule has 30 heavy (non-hydrogen) atoms. The van der Waals surface area contributed by atoms with E-state index in [1.807, 2.05) is 41.3 Å². The van der Waals surface area contributed by atoms with Crippen LogP contribution in [0.4, 0.5) is 5.95 Å². The number of nitrogen functional groups attached to an aromatic ring is 1. The molecule has 0 aliphatic carbocycles. The topological polar surface area (TPSA) is 115 Å². The van der Waals surface area contributed by atoms with Crippen LogP contribution in [-0.4, -0.2) is 39.8 Å². The molecule has 152 valence electrons. The highest BCUT2D eigenvalue weighted by Gasteiger charge is 2.28. The van der Waals surface area contributed by atoms with Gasteiger partial charge in [0.25, 0.3) is 5.91 Å². The van der Waals surface area contributed by atoms with Crippen molar-refractivity contribution >= 4 is 17.8 Å². The summed E-state index contributed by atoms with van der Waals surface area (Å²) in [6.07, 6.45) is 3.43. The Bertz CT molecular complexity index is 1080. The Morgan fingerprint density at radius 3 is 2.57 bits per heavy atom. The van der Waals surface area contributed by atoms with Gasteiger partial charge in [0, 0.05) is 41.9 Å². The van der Waals surface area contributed by atoms with Gasteiger partial charge in [0.1, 0.15) is 0 Å². The first kappa shape index (κ1) is 19.6. The molecule has 1 fully saturated rings. The number of hydrogen-bond acceptors (Lipinski definition) is 5. The fourth-order valence-electron chi connectivity index (χ4n) is 3.93. The first-order chi connectivity index (χ1) is 14.5. The molecule has 0 spiro atoms. The third-order valence-corrected chi connectivity index (χ3v) is 5.41. The van der Waals surface area contributed by atoms with Crippen LogP contribution in [0.15, 0.2) is 60.8 Å². The molecule has 2 aromatic carbocycles. The van der Waals surface area contributed by atoms with Crippen molar-refractivity contribution in [3.05, 3.63) is 77.6 Å². The molecule has 7 heteroatoms. The third-order valence-electron chi connectivity index (χ3n) is 5.41. The molecule has 3 aromatic rings. The number of carbonyl (C=O) groups is 2. The fourth-order valence-corrected chi connectivity index (χ4v) is 3.93. The number of benzene rings is 2. The van der Waals surface area contributed by atoms with Crippen LogP contribution in [0.3, 0.4) is 0 Å². The van der Waals surface area contributed by atoms with E-state index in [1.54, 1.807) is 24.4 Å². The number of nitrogens with zero attached hydrogens (tertiary/aromatic N) is 3. The van der Waals surface area contributed by atoms with Crippen LogP contribution in [0.25, 0.3) is 11.1 Å². The lowest BCUT2D eigenvalue weighted by Gasteiger charge is -2.33. The van der Waals surface area contributed by atoms with Gasteiger partial charge in [0.2, 0.25) is 11.9 Å². The molecule has 1 saturated heterocycles. The number of primary amides is 1. The molecular formula is C23H23N5O2. The third kappa shape index (κ3) is 4.00. The second-order valence-corrected chi connectivity index (χ2v) is 7.43. The van der Waals surface area contributed by atoms with Crippen LogP contribution in [0.2, 0.25) is 0 Å². The molecule has 4 N–H and O–H groups in total.